The summed E-state index contributed by atoms with van der Waals surface area (Å²) in [6.45, 7) is 1.45. The van der Waals surface area contributed by atoms with Crippen molar-refractivity contribution >= 4 is 21.8 Å². The van der Waals surface area contributed by atoms with Gasteiger partial charge in [0, 0.05) is 45.0 Å². The van der Waals surface area contributed by atoms with E-state index in [0.717, 1.165) is 18.4 Å². The normalized spacial score (nSPS) is 21.2. The number of hydrogen-bond donors (Lipinski definition) is 0. The number of alkyl halides is 1. The molecule has 0 spiro atoms. The van der Waals surface area contributed by atoms with Crippen LogP contribution in [0, 0.1) is 5.92 Å². The Kier molecular flexibility index (Phi) is 5.37. The van der Waals surface area contributed by atoms with E-state index in [-0.39, 0.29) is 5.92 Å². The van der Waals surface area contributed by atoms with Gasteiger partial charge in [0.2, 0.25) is 0 Å². The summed E-state index contributed by atoms with van der Waals surface area (Å²) in [6, 6.07) is 3.65. The molecule has 1 aliphatic rings. The quantitative estimate of drug-likeness (QED) is 0.777. The van der Waals surface area contributed by atoms with Crippen LogP contribution in [0.2, 0.25) is 0 Å². The summed E-state index contributed by atoms with van der Waals surface area (Å²) >= 11 is 5.86. The lowest BCUT2D eigenvalue weighted by Crippen LogP contribution is -2.46. The van der Waals surface area contributed by atoms with Crippen molar-refractivity contribution in [2.75, 3.05) is 26.0 Å². The number of pyridine rings is 1. The van der Waals surface area contributed by atoms with E-state index in [9.17, 15) is 8.42 Å². The molecule has 7 heteroatoms. The molecule has 0 aromatic carbocycles. The lowest BCUT2D eigenvalue weighted by atomic mass is 10.0. The van der Waals surface area contributed by atoms with E-state index < -0.39 is 10.2 Å². The standard InChI is InChI=1S/C13H20ClN3O2S/c1-16(10-12-4-6-15-7-5-12)20(18,19)17-8-2-3-13(9-14)11-17/h4-7,13H,2-3,8-11H2,1H3. The van der Waals surface area contributed by atoms with Crippen LogP contribution < -0.4 is 0 Å². The van der Waals surface area contributed by atoms with E-state index in [0.29, 0.717) is 25.5 Å². The third-order valence-electron chi connectivity index (χ3n) is 3.57. The number of halogens is 1. The third-order valence-corrected chi connectivity index (χ3v) is 5.91. The molecule has 1 fully saturated rings. The Morgan fingerprint density at radius 2 is 2.15 bits per heavy atom. The van der Waals surface area contributed by atoms with Gasteiger partial charge in [0.15, 0.2) is 0 Å². The highest BCUT2D eigenvalue weighted by molar-refractivity contribution is 7.86. The van der Waals surface area contributed by atoms with Gasteiger partial charge in [0.1, 0.15) is 0 Å². The van der Waals surface area contributed by atoms with E-state index in [1.807, 2.05) is 12.1 Å². The van der Waals surface area contributed by atoms with Gasteiger partial charge < -0.3 is 0 Å². The lowest BCUT2D eigenvalue weighted by Gasteiger charge is -2.33. The molecule has 1 aromatic heterocycles. The molecule has 0 saturated carbocycles. The molecule has 0 radical (unpaired) electrons. The van der Waals surface area contributed by atoms with Crippen molar-refractivity contribution in [3.63, 3.8) is 0 Å². The zero-order valence-corrected chi connectivity index (χ0v) is 13.1. The van der Waals surface area contributed by atoms with Crippen molar-refractivity contribution in [1.82, 2.24) is 13.6 Å². The summed E-state index contributed by atoms with van der Waals surface area (Å²) < 4.78 is 28.0. The van der Waals surface area contributed by atoms with Crippen molar-refractivity contribution in [1.29, 1.82) is 0 Å². The van der Waals surface area contributed by atoms with Gasteiger partial charge in [0.25, 0.3) is 10.2 Å². The first kappa shape index (κ1) is 15.7. The van der Waals surface area contributed by atoms with E-state index in [2.05, 4.69) is 4.98 Å². The van der Waals surface area contributed by atoms with Gasteiger partial charge in [-0.05, 0) is 36.5 Å². The van der Waals surface area contributed by atoms with Crippen molar-refractivity contribution in [2.45, 2.75) is 19.4 Å². The highest BCUT2D eigenvalue weighted by Gasteiger charge is 2.31. The second kappa shape index (κ2) is 6.85. The average molecular weight is 318 g/mol. The first-order valence-corrected chi connectivity index (χ1v) is 8.63. The monoisotopic (exact) mass is 317 g/mol. The maximum atomic E-state index is 12.5. The lowest BCUT2D eigenvalue weighted by molar-refractivity contribution is 0.265. The minimum Gasteiger partial charge on any atom is -0.265 e. The molecule has 1 atom stereocenters. The third kappa shape index (κ3) is 3.69. The van der Waals surface area contributed by atoms with Crippen LogP contribution in [-0.4, -0.2) is 48.0 Å². The first-order valence-electron chi connectivity index (χ1n) is 6.70. The summed E-state index contributed by atoms with van der Waals surface area (Å²) in [7, 11) is -1.80. The van der Waals surface area contributed by atoms with Crippen LogP contribution in [0.1, 0.15) is 18.4 Å². The van der Waals surface area contributed by atoms with E-state index in [4.69, 9.17) is 11.6 Å². The summed E-state index contributed by atoms with van der Waals surface area (Å²) in [5.74, 6) is 0.773. The summed E-state index contributed by atoms with van der Waals surface area (Å²) in [5.41, 5.74) is 0.928. The minimum absolute atomic E-state index is 0.259. The Hall–Kier alpha value is -0.690. The summed E-state index contributed by atoms with van der Waals surface area (Å²) in [5, 5.41) is 0. The molecular weight excluding hydrogens is 298 g/mol. The van der Waals surface area contributed by atoms with Crippen LogP contribution in [0.25, 0.3) is 0 Å². The molecule has 112 valence electrons. The zero-order valence-electron chi connectivity index (χ0n) is 11.6. The fourth-order valence-corrected chi connectivity index (χ4v) is 4.10. The first-order chi connectivity index (χ1) is 9.54. The predicted octanol–water partition coefficient (Wildman–Crippen LogP) is 1.71. The fraction of sp³-hybridized carbons (Fsp3) is 0.615. The maximum absolute atomic E-state index is 12.5. The molecule has 1 aliphatic heterocycles. The van der Waals surface area contributed by atoms with E-state index in [1.54, 1.807) is 23.7 Å². The number of piperidine rings is 1. The van der Waals surface area contributed by atoms with Gasteiger partial charge in [-0.25, -0.2) is 0 Å². The highest BCUT2D eigenvalue weighted by Crippen LogP contribution is 2.22. The molecule has 20 heavy (non-hydrogen) atoms. The molecule has 5 nitrogen and oxygen atoms in total. The van der Waals surface area contributed by atoms with Crippen LogP contribution in [-0.2, 0) is 16.8 Å². The van der Waals surface area contributed by atoms with Crippen LogP contribution in [0.15, 0.2) is 24.5 Å². The number of nitrogens with zero attached hydrogens (tertiary/aromatic N) is 3. The Labute approximate surface area is 125 Å². The molecule has 2 rings (SSSR count). The van der Waals surface area contributed by atoms with Gasteiger partial charge in [-0.1, -0.05) is 0 Å². The predicted molar refractivity (Wildman–Crippen MR) is 79.6 cm³/mol. The number of rotatable bonds is 5. The van der Waals surface area contributed by atoms with Gasteiger partial charge in [0.05, 0.1) is 0 Å². The van der Waals surface area contributed by atoms with Gasteiger partial charge in [-0.3, -0.25) is 4.98 Å². The molecule has 0 bridgehead atoms. The van der Waals surface area contributed by atoms with Gasteiger partial charge >= 0.3 is 0 Å². The van der Waals surface area contributed by atoms with Crippen LogP contribution in [0.5, 0.6) is 0 Å². The molecule has 2 heterocycles. The number of hydrogen-bond acceptors (Lipinski definition) is 3. The molecule has 1 aromatic rings. The number of aromatic nitrogens is 1. The average Bonchev–Trinajstić information content (AvgIpc) is 2.48. The van der Waals surface area contributed by atoms with Gasteiger partial charge in [-0.15, -0.1) is 11.6 Å². The van der Waals surface area contributed by atoms with Crippen molar-refractivity contribution < 1.29 is 8.42 Å². The highest BCUT2D eigenvalue weighted by atomic mass is 35.5. The molecule has 0 amide bonds. The summed E-state index contributed by atoms with van der Waals surface area (Å²) in [4.78, 5) is 3.93. The fourth-order valence-electron chi connectivity index (χ4n) is 2.39. The Morgan fingerprint density at radius 1 is 1.45 bits per heavy atom. The smallest absolute Gasteiger partial charge is 0.265 e. The summed E-state index contributed by atoms with van der Waals surface area (Å²) in [6.07, 6.45) is 5.21. The molecule has 1 saturated heterocycles. The maximum Gasteiger partial charge on any atom is 0.282 e. The molecule has 0 N–H and O–H groups in total. The van der Waals surface area contributed by atoms with E-state index >= 15 is 0 Å². The van der Waals surface area contributed by atoms with Crippen molar-refractivity contribution in [3.8, 4) is 0 Å². The SMILES string of the molecule is CN(Cc1ccncc1)S(=O)(=O)N1CCCC(CCl)C1. The Morgan fingerprint density at radius 3 is 2.80 bits per heavy atom. The van der Waals surface area contributed by atoms with Crippen molar-refractivity contribution in [2.24, 2.45) is 5.92 Å². The van der Waals surface area contributed by atoms with Crippen LogP contribution >= 0.6 is 11.6 Å². The minimum atomic E-state index is -3.42. The molecule has 0 aliphatic carbocycles. The zero-order chi connectivity index (χ0) is 14.6. The molecular formula is C13H20ClN3O2S. The van der Waals surface area contributed by atoms with Crippen LogP contribution in [0.3, 0.4) is 0 Å². The Balaban J connectivity index is 2.05. The Bertz CT molecular complexity index is 524. The van der Waals surface area contributed by atoms with Crippen molar-refractivity contribution in [3.05, 3.63) is 30.1 Å². The second-order valence-corrected chi connectivity index (χ2v) is 7.48. The molecule has 1 unspecified atom stereocenters. The largest absolute Gasteiger partial charge is 0.282 e. The topological polar surface area (TPSA) is 53.5 Å². The van der Waals surface area contributed by atoms with Gasteiger partial charge in [-0.2, -0.15) is 17.0 Å². The van der Waals surface area contributed by atoms with E-state index in [1.165, 1.54) is 4.31 Å². The van der Waals surface area contributed by atoms with Crippen LogP contribution in [0.4, 0.5) is 0 Å². The second-order valence-electron chi connectivity index (χ2n) is 5.14.